The fourth-order valence-electron chi connectivity index (χ4n) is 6.39. The zero-order valence-electron chi connectivity index (χ0n) is 28.3. The minimum atomic E-state index is -3.93. The van der Waals surface area contributed by atoms with Crippen LogP contribution >= 0.6 is 0 Å². The van der Waals surface area contributed by atoms with Crippen molar-refractivity contribution in [3.63, 3.8) is 0 Å². The average Bonchev–Trinajstić information content (AvgIpc) is 3.37. The molecular formula is C35H48F2N6O5. The van der Waals surface area contributed by atoms with Crippen molar-refractivity contribution in [2.75, 3.05) is 45.7 Å². The van der Waals surface area contributed by atoms with Gasteiger partial charge in [0.2, 0.25) is 23.6 Å². The highest BCUT2D eigenvalue weighted by atomic mass is 19.3. The summed E-state index contributed by atoms with van der Waals surface area (Å²) in [6.45, 7) is 6.22. The lowest BCUT2D eigenvalue weighted by atomic mass is 9.89. The van der Waals surface area contributed by atoms with Crippen LogP contribution in [0.2, 0.25) is 0 Å². The summed E-state index contributed by atoms with van der Waals surface area (Å²) in [5.74, 6) is -7.21. The van der Waals surface area contributed by atoms with Crippen LogP contribution in [0.15, 0.2) is 42.6 Å². The van der Waals surface area contributed by atoms with Crippen LogP contribution in [0.25, 0.3) is 0 Å². The van der Waals surface area contributed by atoms with E-state index in [1.165, 1.54) is 13.2 Å². The number of benzene rings is 1. The molecule has 4 amide bonds. The Morgan fingerprint density at radius 3 is 2.17 bits per heavy atom. The van der Waals surface area contributed by atoms with E-state index in [1.807, 2.05) is 11.9 Å². The molecule has 0 unspecified atom stereocenters. The Morgan fingerprint density at radius 1 is 0.958 bits per heavy atom. The molecular weight excluding hydrogens is 622 g/mol. The maximum Gasteiger partial charge on any atom is 0.351 e. The van der Waals surface area contributed by atoms with Gasteiger partial charge in [0.1, 0.15) is 6.04 Å². The minimum Gasteiger partial charge on any atom is -0.481 e. The smallest absolute Gasteiger partial charge is 0.351 e. The molecule has 2 aliphatic rings. The van der Waals surface area contributed by atoms with Crippen molar-refractivity contribution in [1.82, 2.24) is 25.4 Å². The van der Waals surface area contributed by atoms with Crippen molar-refractivity contribution in [1.29, 1.82) is 0 Å². The molecule has 0 bridgehead atoms. The number of methoxy groups -OCH3 is 1. The zero-order valence-corrected chi connectivity index (χ0v) is 28.3. The number of hydrogen-bond acceptors (Lipinski definition) is 7. The summed E-state index contributed by atoms with van der Waals surface area (Å²) >= 11 is 0. The number of ether oxygens (including phenoxy) is 1. The molecule has 2 aromatic rings. The summed E-state index contributed by atoms with van der Waals surface area (Å²) in [4.78, 5) is 60.5. The number of anilines is 1. The molecule has 11 nitrogen and oxygen atoms in total. The predicted molar refractivity (Wildman–Crippen MR) is 178 cm³/mol. The van der Waals surface area contributed by atoms with Gasteiger partial charge in [0, 0.05) is 62.2 Å². The number of hydrogen-bond donors (Lipinski definition) is 3. The lowest BCUT2D eigenvalue weighted by Gasteiger charge is -2.36. The van der Waals surface area contributed by atoms with Gasteiger partial charge in [-0.3, -0.25) is 19.2 Å². The van der Waals surface area contributed by atoms with Crippen molar-refractivity contribution in [3.8, 4) is 5.88 Å². The quantitative estimate of drug-likeness (QED) is 0.291. The number of rotatable bonds is 12. The third kappa shape index (κ3) is 9.27. The molecule has 1 aromatic heterocycles. The largest absolute Gasteiger partial charge is 0.481 e. The number of nitrogens with one attached hydrogen (secondary N) is 3. The van der Waals surface area contributed by atoms with Crippen molar-refractivity contribution >= 4 is 29.3 Å². The molecule has 3 atom stereocenters. The van der Waals surface area contributed by atoms with Gasteiger partial charge in [0.25, 0.3) is 5.91 Å². The lowest BCUT2D eigenvalue weighted by Crippen LogP contribution is -2.52. The molecule has 4 rings (SSSR count). The molecule has 1 saturated heterocycles. The van der Waals surface area contributed by atoms with E-state index in [-0.39, 0.29) is 30.0 Å². The molecule has 0 spiro atoms. The number of pyridine rings is 1. The second-order valence-electron chi connectivity index (χ2n) is 12.8. The number of halogens is 2. The Balaban J connectivity index is 1.53. The third-order valence-corrected chi connectivity index (χ3v) is 9.36. The Kier molecular flexibility index (Phi) is 12.9. The Labute approximate surface area is 281 Å². The summed E-state index contributed by atoms with van der Waals surface area (Å²) in [6.07, 6.45) is 6.00. The molecule has 0 radical (unpaired) electrons. The van der Waals surface area contributed by atoms with E-state index in [2.05, 4.69) is 25.8 Å². The summed E-state index contributed by atoms with van der Waals surface area (Å²) < 4.78 is 35.5. The fourth-order valence-corrected chi connectivity index (χ4v) is 6.39. The Morgan fingerprint density at radius 2 is 1.60 bits per heavy atom. The van der Waals surface area contributed by atoms with E-state index in [0.717, 1.165) is 51.0 Å². The number of carbonyl (C=O) groups excluding carboxylic acids is 4. The van der Waals surface area contributed by atoms with Gasteiger partial charge >= 0.3 is 5.92 Å². The molecule has 13 heteroatoms. The fraction of sp³-hybridized carbons (Fsp3) is 0.571. The normalized spacial score (nSPS) is 18.2. The van der Waals surface area contributed by atoms with Gasteiger partial charge in [0.15, 0.2) is 0 Å². The number of likely N-dealkylation sites (N-methyl/N-ethyl adjacent to an activating group) is 1. The first-order chi connectivity index (χ1) is 22.9. The number of piperazine rings is 1. The molecule has 3 N–H and O–H groups in total. The maximum absolute atomic E-state index is 15.3. The molecule has 2 fully saturated rings. The minimum absolute atomic E-state index is 0.0899. The molecule has 1 saturated carbocycles. The van der Waals surface area contributed by atoms with E-state index >= 15 is 8.78 Å². The van der Waals surface area contributed by atoms with E-state index in [4.69, 9.17) is 4.74 Å². The van der Waals surface area contributed by atoms with Gasteiger partial charge in [-0.1, -0.05) is 44.7 Å². The maximum atomic E-state index is 15.3. The van der Waals surface area contributed by atoms with Crippen LogP contribution in [-0.2, 0) is 25.1 Å². The van der Waals surface area contributed by atoms with Crippen LogP contribution in [0.3, 0.4) is 0 Å². The third-order valence-electron chi connectivity index (χ3n) is 9.36. The van der Waals surface area contributed by atoms with Gasteiger partial charge in [0.05, 0.1) is 13.0 Å². The molecule has 2 heterocycles. The van der Waals surface area contributed by atoms with Crippen molar-refractivity contribution in [3.05, 3.63) is 53.7 Å². The summed E-state index contributed by atoms with van der Waals surface area (Å²) in [7, 11) is 3.36. The predicted octanol–water partition coefficient (Wildman–Crippen LogP) is 4.05. The summed E-state index contributed by atoms with van der Waals surface area (Å²) in [5.41, 5.74) is 0.447. The number of amides is 4. The van der Waals surface area contributed by atoms with Gasteiger partial charge in [-0.2, -0.15) is 8.78 Å². The second-order valence-corrected chi connectivity index (χ2v) is 12.8. The number of aromatic nitrogens is 1. The summed E-state index contributed by atoms with van der Waals surface area (Å²) in [6, 6.07) is 7.40. The average molecular weight is 671 g/mol. The highest BCUT2D eigenvalue weighted by Crippen LogP contribution is 2.32. The first kappa shape index (κ1) is 36.7. The standard InChI is InChI=1S/C35H48F2N6O5/c1-5-28(44)39-23(2)30(33(46)43-20-18-42(3)19-21-43)24-12-15-27(16-13-24)40-32(45)31(25-10-8-6-7-9-11-25)41-34(47)35(36,37)26-14-17-29(48-4)38-22-26/h12-17,22-23,25,30-31H,5-11,18-21H2,1-4H3,(H,39,44)(H,40,45)(H,41,47)/t23-,30-,31+/m1/s1. The van der Waals surface area contributed by atoms with Crippen LogP contribution < -0.4 is 20.7 Å². The number of carbonyl (C=O) groups is 4. The SMILES string of the molecule is CCC(=O)N[C@H](C)[C@@H](C(=O)N1CCN(C)CC1)c1ccc(NC(=O)[C@@H](NC(=O)C(F)(F)c2ccc(OC)nc2)C2CCCCCC2)cc1. The van der Waals surface area contributed by atoms with Crippen molar-refractivity contribution in [2.24, 2.45) is 5.92 Å². The van der Waals surface area contributed by atoms with E-state index in [0.29, 0.717) is 37.2 Å². The number of nitrogens with zero attached hydrogens (tertiary/aromatic N) is 3. The monoisotopic (exact) mass is 670 g/mol. The van der Waals surface area contributed by atoms with Gasteiger partial charge < -0.3 is 30.5 Å². The lowest BCUT2D eigenvalue weighted by molar-refractivity contribution is -0.149. The van der Waals surface area contributed by atoms with Crippen LogP contribution in [0.1, 0.15) is 75.8 Å². The van der Waals surface area contributed by atoms with Crippen molar-refractivity contribution in [2.45, 2.75) is 82.7 Å². The highest BCUT2D eigenvalue weighted by Gasteiger charge is 2.44. The van der Waals surface area contributed by atoms with Gasteiger partial charge in [-0.25, -0.2) is 4.98 Å². The van der Waals surface area contributed by atoms with Crippen LogP contribution in [-0.4, -0.2) is 90.8 Å². The van der Waals surface area contributed by atoms with Crippen molar-refractivity contribution < 1.29 is 32.7 Å². The molecule has 262 valence electrons. The molecule has 1 aromatic carbocycles. The first-order valence-corrected chi connectivity index (χ1v) is 16.8. The van der Waals surface area contributed by atoms with Gasteiger partial charge in [-0.15, -0.1) is 0 Å². The Hall–Kier alpha value is -4.13. The first-order valence-electron chi connectivity index (χ1n) is 16.8. The van der Waals surface area contributed by atoms with Gasteiger partial charge in [-0.05, 0) is 56.5 Å². The second kappa shape index (κ2) is 16.8. The van der Waals surface area contributed by atoms with Crippen LogP contribution in [0, 0.1) is 5.92 Å². The van der Waals surface area contributed by atoms with Crippen LogP contribution in [0.5, 0.6) is 5.88 Å². The number of alkyl halides is 2. The van der Waals surface area contributed by atoms with E-state index in [1.54, 1.807) is 38.1 Å². The topological polar surface area (TPSA) is 133 Å². The zero-order chi connectivity index (χ0) is 34.8. The molecule has 48 heavy (non-hydrogen) atoms. The Bertz CT molecular complexity index is 1390. The molecule has 1 aliphatic carbocycles. The summed E-state index contributed by atoms with van der Waals surface area (Å²) in [5, 5.41) is 8.11. The van der Waals surface area contributed by atoms with E-state index in [9.17, 15) is 19.2 Å². The molecule has 1 aliphatic heterocycles. The van der Waals surface area contributed by atoms with E-state index < -0.39 is 41.3 Å². The highest BCUT2D eigenvalue weighted by molar-refractivity contribution is 5.98. The van der Waals surface area contributed by atoms with Crippen LogP contribution in [0.4, 0.5) is 14.5 Å².